The number of H-pyrrole nitrogens is 1. The quantitative estimate of drug-likeness (QED) is 0.657. The van der Waals surface area contributed by atoms with Crippen molar-refractivity contribution in [2.45, 2.75) is 0 Å². The molecule has 90 valence electrons. The van der Waals surface area contributed by atoms with Crippen LogP contribution in [0.3, 0.4) is 0 Å². The standard InChI is InChI=1S/C12H8N2O4/c15-9-5-8(10(16)13-9)14-11(17)6-3-1-2-4-7(6)12(14)18/h1-5,13,15-16H. The Morgan fingerprint density at radius 3 is 2.00 bits per heavy atom. The summed E-state index contributed by atoms with van der Waals surface area (Å²) in [6, 6.07) is 7.51. The Bertz CT molecular complexity index is 639. The lowest BCUT2D eigenvalue weighted by molar-refractivity contribution is 0.0925. The maximum absolute atomic E-state index is 12.1. The first kappa shape index (κ1) is 10.4. The minimum absolute atomic E-state index is 0.0568. The normalized spacial score (nSPS) is 14.1. The Hall–Kier alpha value is -2.76. The van der Waals surface area contributed by atoms with Gasteiger partial charge in [0.25, 0.3) is 11.8 Å². The first-order valence-corrected chi connectivity index (χ1v) is 5.18. The second kappa shape index (κ2) is 3.36. The van der Waals surface area contributed by atoms with Crippen molar-refractivity contribution in [2.24, 2.45) is 0 Å². The predicted octanol–water partition coefficient (Wildman–Crippen LogP) is 1.23. The number of amides is 2. The molecule has 2 heterocycles. The van der Waals surface area contributed by atoms with Crippen molar-refractivity contribution in [1.29, 1.82) is 0 Å². The smallest absolute Gasteiger partial charge is 0.266 e. The number of aromatic nitrogens is 1. The van der Waals surface area contributed by atoms with Crippen molar-refractivity contribution in [2.75, 3.05) is 4.90 Å². The number of carbonyl (C=O) groups is 2. The fourth-order valence-corrected chi connectivity index (χ4v) is 2.00. The van der Waals surface area contributed by atoms with Gasteiger partial charge >= 0.3 is 0 Å². The molecule has 1 aromatic heterocycles. The minimum Gasteiger partial charge on any atom is -0.494 e. The van der Waals surface area contributed by atoms with Crippen LogP contribution in [0.25, 0.3) is 0 Å². The van der Waals surface area contributed by atoms with E-state index in [1.165, 1.54) is 0 Å². The van der Waals surface area contributed by atoms with Gasteiger partial charge in [0.1, 0.15) is 5.69 Å². The Morgan fingerprint density at radius 1 is 1.00 bits per heavy atom. The second-order valence-corrected chi connectivity index (χ2v) is 3.88. The molecular weight excluding hydrogens is 236 g/mol. The number of fused-ring (bicyclic) bond motifs is 1. The molecule has 0 bridgehead atoms. The van der Waals surface area contributed by atoms with Crippen molar-refractivity contribution < 1.29 is 19.8 Å². The Labute approximate surface area is 101 Å². The van der Waals surface area contributed by atoms with E-state index >= 15 is 0 Å². The molecule has 0 saturated heterocycles. The summed E-state index contributed by atoms with van der Waals surface area (Å²) >= 11 is 0. The molecule has 1 aromatic carbocycles. The maximum Gasteiger partial charge on any atom is 0.266 e. The fourth-order valence-electron chi connectivity index (χ4n) is 2.00. The van der Waals surface area contributed by atoms with Gasteiger partial charge in [-0.05, 0) is 12.1 Å². The number of nitrogens with zero attached hydrogens (tertiary/aromatic N) is 1. The SMILES string of the molecule is O=C1c2ccccc2C(=O)N1c1cc(O)[nH]c1O. The lowest BCUT2D eigenvalue weighted by Crippen LogP contribution is -2.28. The summed E-state index contributed by atoms with van der Waals surface area (Å²) in [5.41, 5.74) is 0.504. The van der Waals surface area contributed by atoms with E-state index in [-0.39, 0.29) is 22.7 Å². The first-order chi connectivity index (χ1) is 8.59. The number of carbonyl (C=O) groups excluding carboxylic acids is 2. The van der Waals surface area contributed by atoms with Gasteiger partial charge in [0, 0.05) is 6.07 Å². The highest BCUT2D eigenvalue weighted by molar-refractivity contribution is 6.34. The van der Waals surface area contributed by atoms with Crippen LogP contribution >= 0.6 is 0 Å². The molecule has 0 atom stereocenters. The number of hydrogen-bond acceptors (Lipinski definition) is 4. The number of aromatic hydroxyl groups is 2. The zero-order valence-electron chi connectivity index (χ0n) is 9.04. The number of imide groups is 1. The Kier molecular flexibility index (Phi) is 1.94. The zero-order chi connectivity index (χ0) is 12.9. The van der Waals surface area contributed by atoms with Crippen LogP contribution in [0.1, 0.15) is 20.7 Å². The monoisotopic (exact) mass is 244 g/mol. The van der Waals surface area contributed by atoms with Crippen LogP contribution in [0.15, 0.2) is 30.3 Å². The molecule has 2 amide bonds. The van der Waals surface area contributed by atoms with Gasteiger partial charge < -0.3 is 10.2 Å². The molecular formula is C12H8N2O4. The highest BCUT2D eigenvalue weighted by Crippen LogP contribution is 2.36. The minimum atomic E-state index is -0.523. The van der Waals surface area contributed by atoms with Crippen LogP contribution in [-0.4, -0.2) is 27.0 Å². The average molecular weight is 244 g/mol. The molecule has 3 rings (SSSR count). The van der Waals surface area contributed by atoms with E-state index in [0.717, 1.165) is 11.0 Å². The van der Waals surface area contributed by atoms with Gasteiger partial charge in [0.15, 0.2) is 5.88 Å². The summed E-state index contributed by atoms with van der Waals surface area (Å²) in [7, 11) is 0. The summed E-state index contributed by atoms with van der Waals surface area (Å²) in [5, 5.41) is 18.8. The van der Waals surface area contributed by atoms with E-state index in [1.54, 1.807) is 24.3 Å². The zero-order valence-corrected chi connectivity index (χ0v) is 9.04. The molecule has 3 N–H and O–H groups in total. The van der Waals surface area contributed by atoms with Crippen molar-refractivity contribution in [3.63, 3.8) is 0 Å². The highest BCUT2D eigenvalue weighted by Gasteiger charge is 2.38. The number of anilines is 1. The summed E-state index contributed by atoms with van der Waals surface area (Å²) in [6.45, 7) is 0. The van der Waals surface area contributed by atoms with E-state index in [2.05, 4.69) is 4.98 Å². The third-order valence-electron chi connectivity index (χ3n) is 2.80. The van der Waals surface area contributed by atoms with Gasteiger partial charge in [-0.25, -0.2) is 4.90 Å². The van der Waals surface area contributed by atoms with Gasteiger partial charge in [-0.1, -0.05) is 12.1 Å². The number of nitrogens with one attached hydrogen (secondary N) is 1. The van der Waals surface area contributed by atoms with Crippen LogP contribution < -0.4 is 4.90 Å². The molecule has 6 nitrogen and oxygen atoms in total. The molecule has 18 heavy (non-hydrogen) atoms. The molecule has 0 saturated carbocycles. The maximum atomic E-state index is 12.1. The van der Waals surface area contributed by atoms with Crippen LogP contribution in [0, 0.1) is 0 Å². The van der Waals surface area contributed by atoms with E-state index in [1.807, 2.05) is 0 Å². The van der Waals surface area contributed by atoms with Crippen LogP contribution in [0.5, 0.6) is 11.8 Å². The van der Waals surface area contributed by atoms with Gasteiger partial charge in [-0.2, -0.15) is 0 Å². The molecule has 0 fully saturated rings. The fraction of sp³-hybridized carbons (Fsp3) is 0. The highest BCUT2D eigenvalue weighted by atomic mass is 16.3. The summed E-state index contributed by atoms with van der Waals surface area (Å²) in [5.74, 6) is -1.80. The number of benzene rings is 1. The Balaban J connectivity index is 2.15. The van der Waals surface area contributed by atoms with Crippen LogP contribution in [-0.2, 0) is 0 Å². The lowest BCUT2D eigenvalue weighted by atomic mass is 10.1. The Morgan fingerprint density at radius 2 is 1.56 bits per heavy atom. The van der Waals surface area contributed by atoms with Gasteiger partial charge in [-0.15, -0.1) is 0 Å². The third-order valence-corrected chi connectivity index (χ3v) is 2.80. The molecule has 6 heteroatoms. The first-order valence-electron chi connectivity index (χ1n) is 5.18. The van der Waals surface area contributed by atoms with Crippen molar-refractivity contribution in [3.8, 4) is 11.8 Å². The van der Waals surface area contributed by atoms with E-state index < -0.39 is 17.7 Å². The number of hydrogen-bond donors (Lipinski definition) is 3. The molecule has 1 aliphatic rings. The van der Waals surface area contributed by atoms with Crippen molar-refractivity contribution in [3.05, 3.63) is 41.5 Å². The van der Waals surface area contributed by atoms with Crippen LogP contribution in [0.2, 0.25) is 0 Å². The van der Waals surface area contributed by atoms with Crippen LogP contribution in [0.4, 0.5) is 5.69 Å². The summed E-state index contributed by atoms with van der Waals surface area (Å²) in [4.78, 5) is 27.2. The van der Waals surface area contributed by atoms with Gasteiger partial charge in [0.2, 0.25) is 5.88 Å². The second-order valence-electron chi connectivity index (χ2n) is 3.88. The lowest BCUT2D eigenvalue weighted by Gasteiger charge is -2.11. The van der Waals surface area contributed by atoms with Gasteiger partial charge in [0.05, 0.1) is 11.1 Å². The number of aromatic amines is 1. The van der Waals surface area contributed by atoms with Crippen molar-refractivity contribution in [1.82, 2.24) is 4.98 Å². The average Bonchev–Trinajstić information content (AvgIpc) is 2.79. The van der Waals surface area contributed by atoms with Crippen molar-refractivity contribution >= 4 is 17.5 Å². The van der Waals surface area contributed by atoms with E-state index in [0.29, 0.717) is 0 Å². The molecule has 0 aliphatic carbocycles. The third kappa shape index (κ3) is 1.22. The topological polar surface area (TPSA) is 93.6 Å². The molecule has 2 aromatic rings. The largest absolute Gasteiger partial charge is 0.494 e. The van der Waals surface area contributed by atoms with Gasteiger partial charge in [-0.3, -0.25) is 14.6 Å². The van der Waals surface area contributed by atoms with E-state index in [9.17, 15) is 19.8 Å². The predicted molar refractivity (Wildman–Crippen MR) is 61.7 cm³/mol. The molecule has 0 unspecified atom stereocenters. The molecule has 1 aliphatic heterocycles. The summed E-state index contributed by atoms with van der Waals surface area (Å²) < 4.78 is 0. The van der Waals surface area contributed by atoms with E-state index in [4.69, 9.17) is 0 Å². The molecule has 0 radical (unpaired) electrons. The molecule has 0 spiro atoms. The summed E-state index contributed by atoms with van der Waals surface area (Å²) in [6.07, 6.45) is 0. The number of rotatable bonds is 1.